The van der Waals surface area contributed by atoms with Crippen molar-refractivity contribution >= 4 is 11.7 Å². The fourth-order valence-corrected chi connectivity index (χ4v) is 2.54. The molecule has 0 radical (unpaired) electrons. The third kappa shape index (κ3) is 1.99. The van der Waals surface area contributed by atoms with Crippen LogP contribution in [0.1, 0.15) is 19.3 Å². The van der Waals surface area contributed by atoms with E-state index in [-0.39, 0.29) is 5.91 Å². The van der Waals surface area contributed by atoms with Crippen molar-refractivity contribution in [3.05, 3.63) is 23.9 Å². The number of fused-ring (bicyclic) bond motifs is 1. The number of hydrogen-bond acceptors (Lipinski definition) is 3. The summed E-state index contributed by atoms with van der Waals surface area (Å²) in [7, 11) is 0. The summed E-state index contributed by atoms with van der Waals surface area (Å²) in [5.41, 5.74) is 0.799. The topological polar surface area (TPSA) is 35.9 Å². The number of nitrogens with zero attached hydrogens (tertiary/aromatic N) is 3. The van der Waals surface area contributed by atoms with Crippen molar-refractivity contribution in [2.75, 3.05) is 26.2 Å². The number of likely N-dealkylation sites (tertiary alicyclic amines) is 1. The summed E-state index contributed by atoms with van der Waals surface area (Å²) in [6.07, 6.45) is 9.32. The molecule has 3 aliphatic rings. The lowest BCUT2D eigenvalue weighted by Crippen LogP contribution is -2.37. The summed E-state index contributed by atoms with van der Waals surface area (Å²) >= 11 is 0. The summed E-state index contributed by atoms with van der Waals surface area (Å²) in [6, 6.07) is 0. The quantitative estimate of drug-likeness (QED) is 0.679. The molecule has 90 valence electrons. The second-order valence-corrected chi connectivity index (χ2v) is 4.70. The highest BCUT2D eigenvalue weighted by atomic mass is 16.2. The van der Waals surface area contributed by atoms with Crippen LogP contribution in [0.5, 0.6) is 0 Å². The third-order valence-corrected chi connectivity index (χ3v) is 3.51. The van der Waals surface area contributed by atoms with Gasteiger partial charge in [-0.25, -0.2) is 0 Å². The third-order valence-electron chi connectivity index (χ3n) is 3.51. The lowest BCUT2D eigenvalue weighted by molar-refractivity contribution is -0.127. The molecule has 0 N–H and O–H groups in total. The first-order valence-corrected chi connectivity index (χ1v) is 6.35. The van der Waals surface area contributed by atoms with Crippen LogP contribution in [0, 0.1) is 0 Å². The molecule has 3 rings (SSSR count). The number of aliphatic imine (C=N–C) groups is 1. The first-order valence-electron chi connectivity index (χ1n) is 6.35. The van der Waals surface area contributed by atoms with Crippen molar-refractivity contribution in [2.45, 2.75) is 19.3 Å². The smallest absolute Gasteiger partial charge is 0.255 e. The van der Waals surface area contributed by atoms with E-state index in [0.29, 0.717) is 0 Å². The van der Waals surface area contributed by atoms with Crippen LogP contribution in [0.15, 0.2) is 28.9 Å². The van der Waals surface area contributed by atoms with Gasteiger partial charge in [0, 0.05) is 25.8 Å². The molecule has 0 aliphatic carbocycles. The monoisotopic (exact) mass is 231 g/mol. The maximum Gasteiger partial charge on any atom is 0.255 e. The lowest BCUT2D eigenvalue weighted by atomic mass is 10.1. The number of piperidine rings is 1. The Morgan fingerprint density at radius 3 is 2.76 bits per heavy atom. The van der Waals surface area contributed by atoms with Crippen molar-refractivity contribution in [1.82, 2.24) is 9.80 Å². The molecule has 0 aromatic rings. The van der Waals surface area contributed by atoms with Gasteiger partial charge >= 0.3 is 0 Å². The molecule has 0 aromatic carbocycles. The molecule has 17 heavy (non-hydrogen) atoms. The minimum Gasteiger partial charge on any atom is -0.339 e. The Morgan fingerprint density at radius 2 is 1.94 bits per heavy atom. The van der Waals surface area contributed by atoms with Crippen molar-refractivity contribution in [1.29, 1.82) is 0 Å². The number of hydrogen-bond donors (Lipinski definition) is 0. The van der Waals surface area contributed by atoms with Crippen LogP contribution >= 0.6 is 0 Å². The van der Waals surface area contributed by atoms with Gasteiger partial charge in [-0.05, 0) is 31.4 Å². The van der Waals surface area contributed by atoms with Crippen LogP contribution in [-0.2, 0) is 4.79 Å². The highest BCUT2D eigenvalue weighted by Crippen LogP contribution is 2.18. The molecular formula is C13H17N3O. The summed E-state index contributed by atoms with van der Waals surface area (Å²) in [6.45, 7) is 3.55. The van der Waals surface area contributed by atoms with Gasteiger partial charge < -0.3 is 9.80 Å². The first kappa shape index (κ1) is 10.6. The predicted molar refractivity (Wildman–Crippen MR) is 66.7 cm³/mol. The van der Waals surface area contributed by atoms with Crippen molar-refractivity contribution in [2.24, 2.45) is 4.99 Å². The lowest BCUT2D eigenvalue weighted by Gasteiger charge is -2.28. The molecule has 0 spiro atoms. The molecular weight excluding hydrogens is 214 g/mol. The van der Waals surface area contributed by atoms with Gasteiger partial charge in [0.15, 0.2) is 0 Å². The number of amides is 1. The predicted octanol–water partition coefficient (Wildman–Crippen LogP) is 1.17. The SMILES string of the molecule is O=C(C1=CN2CCN=C2C=C1)N1CCCCC1. The maximum absolute atomic E-state index is 12.3. The Morgan fingerprint density at radius 1 is 1.12 bits per heavy atom. The highest BCUT2D eigenvalue weighted by molar-refractivity contribution is 6.03. The van der Waals surface area contributed by atoms with E-state index in [0.717, 1.165) is 50.4 Å². The summed E-state index contributed by atoms with van der Waals surface area (Å²) in [5.74, 6) is 1.16. The molecule has 0 unspecified atom stereocenters. The zero-order chi connectivity index (χ0) is 11.7. The Bertz CT molecular complexity index is 416. The number of rotatable bonds is 1. The van der Waals surface area contributed by atoms with E-state index in [1.54, 1.807) is 0 Å². The fraction of sp³-hybridized carbons (Fsp3) is 0.538. The van der Waals surface area contributed by atoms with E-state index in [9.17, 15) is 4.79 Å². The Hall–Kier alpha value is -1.58. The zero-order valence-electron chi connectivity index (χ0n) is 9.93. The molecule has 3 aliphatic heterocycles. The van der Waals surface area contributed by atoms with Gasteiger partial charge in [0.05, 0.1) is 12.1 Å². The minimum absolute atomic E-state index is 0.173. The van der Waals surface area contributed by atoms with E-state index in [4.69, 9.17) is 0 Å². The maximum atomic E-state index is 12.3. The fourth-order valence-electron chi connectivity index (χ4n) is 2.54. The Balaban J connectivity index is 1.74. The van der Waals surface area contributed by atoms with Gasteiger partial charge in [-0.1, -0.05) is 0 Å². The van der Waals surface area contributed by atoms with Gasteiger partial charge in [0.1, 0.15) is 5.84 Å². The van der Waals surface area contributed by atoms with Crippen LogP contribution in [0.2, 0.25) is 0 Å². The molecule has 0 aromatic heterocycles. The van der Waals surface area contributed by atoms with E-state index in [2.05, 4.69) is 9.89 Å². The van der Waals surface area contributed by atoms with Crippen molar-refractivity contribution in [3.8, 4) is 0 Å². The highest BCUT2D eigenvalue weighted by Gasteiger charge is 2.23. The standard InChI is InChI=1S/C13H17N3O/c17-13(15-7-2-1-3-8-15)11-4-5-12-14-6-9-16(12)10-11/h4-5,10H,1-3,6-9H2. The minimum atomic E-state index is 0.173. The van der Waals surface area contributed by atoms with Crippen LogP contribution in [0.25, 0.3) is 0 Å². The molecule has 1 amide bonds. The zero-order valence-corrected chi connectivity index (χ0v) is 9.93. The Labute approximate surface area is 101 Å². The number of carbonyl (C=O) groups is 1. The van der Waals surface area contributed by atoms with Gasteiger partial charge in [-0.2, -0.15) is 0 Å². The second kappa shape index (κ2) is 4.35. The molecule has 1 fully saturated rings. The largest absolute Gasteiger partial charge is 0.339 e. The van der Waals surface area contributed by atoms with E-state index < -0.39 is 0 Å². The average Bonchev–Trinajstić information content (AvgIpc) is 2.86. The summed E-state index contributed by atoms with van der Waals surface area (Å²) < 4.78 is 0. The van der Waals surface area contributed by atoms with E-state index >= 15 is 0 Å². The van der Waals surface area contributed by atoms with Crippen molar-refractivity contribution < 1.29 is 4.79 Å². The van der Waals surface area contributed by atoms with E-state index in [1.807, 2.05) is 23.3 Å². The average molecular weight is 231 g/mol. The second-order valence-electron chi connectivity index (χ2n) is 4.70. The first-order chi connectivity index (χ1) is 8.34. The number of amidine groups is 1. The van der Waals surface area contributed by atoms with E-state index in [1.165, 1.54) is 6.42 Å². The normalized spacial score (nSPS) is 23.3. The summed E-state index contributed by atoms with van der Waals surface area (Å²) in [5, 5.41) is 0. The molecule has 4 heteroatoms. The van der Waals surface area contributed by atoms with Crippen LogP contribution in [0.3, 0.4) is 0 Å². The summed E-state index contributed by atoms with van der Waals surface area (Å²) in [4.78, 5) is 20.7. The molecule has 1 saturated heterocycles. The van der Waals surface area contributed by atoms with Gasteiger partial charge in [-0.3, -0.25) is 9.79 Å². The van der Waals surface area contributed by atoms with Gasteiger partial charge in [-0.15, -0.1) is 0 Å². The molecule has 0 atom stereocenters. The van der Waals surface area contributed by atoms with Crippen molar-refractivity contribution in [3.63, 3.8) is 0 Å². The Kier molecular flexibility index (Phi) is 2.71. The molecule has 3 heterocycles. The van der Waals surface area contributed by atoms with Gasteiger partial charge in [0.2, 0.25) is 0 Å². The van der Waals surface area contributed by atoms with Crippen LogP contribution in [-0.4, -0.2) is 47.7 Å². The molecule has 0 bridgehead atoms. The van der Waals surface area contributed by atoms with Crippen LogP contribution < -0.4 is 0 Å². The van der Waals surface area contributed by atoms with Crippen LogP contribution in [0.4, 0.5) is 0 Å². The van der Waals surface area contributed by atoms with Gasteiger partial charge in [0.25, 0.3) is 5.91 Å². The molecule has 4 nitrogen and oxygen atoms in total. The molecule has 0 saturated carbocycles. The number of carbonyl (C=O) groups excluding carboxylic acids is 1.